The van der Waals surface area contributed by atoms with E-state index in [0.717, 1.165) is 11.3 Å². The first-order chi connectivity index (χ1) is 9.67. The minimum atomic E-state index is 0.358. The molecule has 0 aromatic heterocycles. The Morgan fingerprint density at radius 1 is 1.25 bits per heavy atom. The summed E-state index contributed by atoms with van der Waals surface area (Å²) in [7, 11) is 0. The number of nitrogens with one attached hydrogen (secondary N) is 1. The van der Waals surface area contributed by atoms with E-state index in [1.807, 2.05) is 49.4 Å². The van der Waals surface area contributed by atoms with Crippen LogP contribution in [0, 0.1) is 18.3 Å². The van der Waals surface area contributed by atoms with Crippen molar-refractivity contribution in [1.29, 1.82) is 5.26 Å². The molecule has 0 heterocycles. The van der Waals surface area contributed by atoms with Crippen LogP contribution in [0.5, 0.6) is 0 Å². The van der Waals surface area contributed by atoms with Crippen LogP contribution in [0.25, 0.3) is 0 Å². The number of aliphatic imine (C=N–C) groups is 1. The highest BCUT2D eigenvalue weighted by molar-refractivity contribution is 5.92. The summed E-state index contributed by atoms with van der Waals surface area (Å²) in [5.74, 6) is 0.358. The predicted octanol–water partition coefficient (Wildman–Crippen LogP) is 2.79. The van der Waals surface area contributed by atoms with Crippen molar-refractivity contribution < 1.29 is 0 Å². The molecule has 0 bridgehead atoms. The Morgan fingerprint density at radius 2 is 2.00 bits per heavy atom. The average Bonchev–Trinajstić information content (AvgIpc) is 2.48. The molecular formula is C16H16N4. The first-order valence-electron chi connectivity index (χ1n) is 6.30. The van der Waals surface area contributed by atoms with E-state index in [0.29, 0.717) is 18.1 Å². The zero-order valence-corrected chi connectivity index (χ0v) is 11.3. The van der Waals surface area contributed by atoms with Crippen molar-refractivity contribution in [3.8, 4) is 6.07 Å². The molecule has 4 nitrogen and oxygen atoms in total. The first-order valence-corrected chi connectivity index (χ1v) is 6.30. The maximum Gasteiger partial charge on any atom is 0.193 e. The van der Waals surface area contributed by atoms with Crippen LogP contribution in [-0.2, 0) is 6.54 Å². The number of aryl methyl sites for hydroxylation is 1. The van der Waals surface area contributed by atoms with Crippen LogP contribution in [-0.4, -0.2) is 5.96 Å². The van der Waals surface area contributed by atoms with Crippen LogP contribution in [0.3, 0.4) is 0 Å². The predicted molar refractivity (Wildman–Crippen MR) is 81.3 cm³/mol. The molecular weight excluding hydrogens is 248 g/mol. The Labute approximate surface area is 118 Å². The van der Waals surface area contributed by atoms with Gasteiger partial charge >= 0.3 is 0 Å². The topological polar surface area (TPSA) is 74.2 Å². The number of nitrogens with zero attached hydrogens (tertiary/aromatic N) is 2. The number of nitriles is 1. The van der Waals surface area contributed by atoms with E-state index in [2.05, 4.69) is 16.4 Å². The molecule has 0 saturated heterocycles. The number of guanidine groups is 1. The molecule has 0 aliphatic rings. The fourth-order valence-electron chi connectivity index (χ4n) is 1.74. The molecule has 0 spiro atoms. The second-order valence-electron chi connectivity index (χ2n) is 4.50. The summed E-state index contributed by atoms with van der Waals surface area (Å²) < 4.78 is 0. The van der Waals surface area contributed by atoms with Gasteiger partial charge in [-0.05, 0) is 36.8 Å². The largest absolute Gasteiger partial charge is 0.370 e. The van der Waals surface area contributed by atoms with Gasteiger partial charge in [0, 0.05) is 5.69 Å². The summed E-state index contributed by atoms with van der Waals surface area (Å²) in [6.45, 7) is 2.48. The third kappa shape index (κ3) is 3.85. The second-order valence-corrected chi connectivity index (χ2v) is 4.50. The summed E-state index contributed by atoms with van der Waals surface area (Å²) in [6, 6.07) is 17.4. The molecule has 3 N–H and O–H groups in total. The molecule has 2 aromatic rings. The van der Waals surface area contributed by atoms with E-state index < -0.39 is 0 Å². The third-order valence-corrected chi connectivity index (χ3v) is 2.81. The normalized spacial score (nSPS) is 10.9. The van der Waals surface area contributed by atoms with Crippen LogP contribution >= 0.6 is 0 Å². The van der Waals surface area contributed by atoms with Crippen molar-refractivity contribution >= 4 is 11.6 Å². The van der Waals surface area contributed by atoms with E-state index in [1.165, 1.54) is 5.56 Å². The maximum atomic E-state index is 8.83. The van der Waals surface area contributed by atoms with Crippen molar-refractivity contribution in [1.82, 2.24) is 0 Å². The van der Waals surface area contributed by atoms with Crippen LogP contribution in [0.2, 0.25) is 0 Å². The molecule has 4 heteroatoms. The summed E-state index contributed by atoms with van der Waals surface area (Å²) in [6.07, 6.45) is 0. The summed E-state index contributed by atoms with van der Waals surface area (Å²) in [5.41, 5.74) is 9.52. The zero-order chi connectivity index (χ0) is 14.4. The Bertz CT molecular complexity index is 651. The molecule has 0 aliphatic carbocycles. The van der Waals surface area contributed by atoms with Gasteiger partial charge in [0.05, 0.1) is 18.2 Å². The number of nitrogens with two attached hydrogens (primary N) is 1. The Balaban J connectivity index is 2.00. The standard InChI is InChI=1S/C16H16N4/c1-12-5-7-15(8-6-12)20-16(18)19-11-14-4-2-3-13(9-14)10-17/h2-9H,11H2,1H3,(H3,18,19,20). The smallest absolute Gasteiger partial charge is 0.193 e. The number of hydrogen-bond donors (Lipinski definition) is 2. The van der Waals surface area contributed by atoms with Gasteiger partial charge in [-0.1, -0.05) is 29.8 Å². The lowest BCUT2D eigenvalue weighted by molar-refractivity contribution is 1.06. The van der Waals surface area contributed by atoms with Crippen LogP contribution in [0.1, 0.15) is 16.7 Å². The van der Waals surface area contributed by atoms with E-state index in [4.69, 9.17) is 11.0 Å². The fourth-order valence-corrected chi connectivity index (χ4v) is 1.74. The van der Waals surface area contributed by atoms with Gasteiger partial charge in [-0.2, -0.15) is 5.26 Å². The summed E-state index contributed by atoms with van der Waals surface area (Å²) in [5, 5.41) is 11.9. The van der Waals surface area contributed by atoms with Crippen molar-refractivity contribution in [2.45, 2.75) is 13.5 Å². The zero-order valence-electron chi connectivity index (χ0n) is 11.3. The van der Waals surface area contributed by atoms with Crippen molar-refractivity contribution in [3.63, 3.8) is 0 Å². The monoisotopic (exact) mass is 264 g/mol. The molecule has 0 radical (unpaired) electrons. The SMILES string of the molecule is Cc1ccc(NC(N)=NCc2cccc(C#N)c2)cc1. The Hall–Kier alpha value is -2.80. The molecule has 0 saturated carbocycles. The fraction of sp³-hybridized carbons (Fsp3) is 0.125. The molecule has 100 valence electrons. The van der Waals surface area contributed by atoms with Crippen molar-refractivity contribution in [2.75, 3.05) is 5.32 Å². The Kier molecular flexibility index (Phi) is 4.35. The highest BCUT2D eigenvalue weighted by Gasteiger charge is 1.97. The lowest BCUT2D eigenvalue weighted by atomic mass is 10.1. The first kappa shape index (κ1) is 13.6. The third-order valence-electron chi connectivity index (χ3n) is 2.81. The second kappa shape index (κ2) is 6.39. The van der Waals surface area contributed by atoms with E-state index in [1.54, 1.807) is 6.07 Å². The van der Waals surface area contributed by atoms with Gasteiger partial charge in [-0.3, -0.25) is 0 Å². The van der Waals surface area contributed by atoms with E-state index in [-0.39, 0.29) is 0 Å². The van der Waals surface area contributed by atoms with Gasteiger partial charge < -0.3 is 11.1 Å². The number of rotatable bonds is 3. The van der Waals surface area contributed by atoms with Crippen LogP contribution in [0.4, 0.5) is 5.69 Å². The van der Waals surface area contributed by atoms with Gasteiger partial charge in [0.15, 0.2) is 5.96 Å². The van der Waals surface area contributed by atoms with Gasteiger partial charge in [0.25, 0.3) is 0 Å². The highest BCUT2D eigenvalue weighted by Crippen LogP contribution is 2.09. The molecule has 20 heavy (non-hydrogen) atoms. The minimum absolute atomic E-state index is 0.358. The van der Waals surface area contributed by atoms with Gasteiger partial charge in [0.2, 0.25) is 0 Å². The number of benzene rings is 2. The minimum Gasteiger partial charge on any atom is -0.370 e. The van der Waals surface area contributed by atoms with E-state index in [9.17, 15) is 0 Å². The number of hydrogen-bond acceptors (Lipinski definition) is 2. The quantitative estimate of drug-likeness (QED) is 0.661. The molecule has 0 aliphatic heterocycles. The average molecular weight is 264 g/mol. The van der Waals surface area contributed by atoms with Gasteiger partial charge in [-0.25, -0.2) is 4.99 Å². The molecule has 2 aromatic carbocycles. The maximum absolute atomic E-state index is 8.83. The summed E-state index contributed by atoms with van der Waals surface area (Å²) in [4.78, 5) is 4.26. The van der Waals surface area contributed by atoms with Crippen LogP contribution in [0.15, 0.2) is 53.5 Å². The van der Waals surface area contributed by atoms with Gasteiger partial charge in [-0.15, -0.1) is 0 Å². The molecule has 0 unspecified atom stereocenters. The molecule has 2 rings (SSSR count). The van der Waals surface area contributed by atoms with Crippen molar-refractivity contribution in [2.24, 2.45) is 10.7 Å². The van der Waals surface area contributed by atoms with Crippen molar-refractivity contribution in [3.05, 3.63) is 65.2 Å². The highest BCUT2D eigenvalue weighted by atomic mass is 15.1. The Morgan fingerprint density at radius 3 is 2.70 bits per heavy atom. The number of anilines is 1. The lowest BCUT2D eigenvalue weighted by Gasteiger charge is -2.06. The molecule has 0 amide bonds. The molecule has 0 atom stereocenters. The summed E-state index contributed by atoms with van der Waals surface area (Å²) >= 11 is 0. The lowest BCUT2D eigenvalue weighted by Crippen LogP contribution is -2.22. The van der Waals surface area contributed by atoms with Crippen LogP contribution < -0.4 is 11.1 Å². The van der Waals surface area contributed by atoms with Gasteiger partial charge in [0.1, 0.15) is 0 Å². The molecule has 0 fully saturated rings. The van der Waals surface area contributed by atoms with E-state index >= 15 is 0 Å².